The first kappa shape index (κ1) is 20.7. The van der Waals surface area contributed by atoms with Crippen LogP contribution in [0, 0.1) is 0 Å². The van der Waals surface area contributed by atoms with Crippen molar-refractivity contribution >= 4 is 0 Å². The lowest BCUT2D eigenvalue weighted by Gasteiger charge is -1.99. The van der Waals surface area contributed by atoms with Crippen molar-refractivity contribution in [3.63, 3.8) is 0 Å². The van der Waals surface area contributed by atoms with Crippen molar-refractivity contribution < 1.29 is 0 Å². The molecule has 0 heteroatoms. The Bertz CT molecular complexity index is 339. The predicted octanol–water partition coefficient (Wildman–Crippen LogP) is 7.71. The molecule has 0 aromatic heterocycles. The van der Waals surface area contributed by atoms with Crippen molar-refractivity contribution in [2.24, 2.45) is 0 Å². The van der Waals surface area contributed by atoms with Gasteiger partial charge in [-0.05, 0) is 19.3 Å². The highest BCUT2D eigenvalue weighted by Gasteiger charge is 1.89. The molecule has 0 nitrogen and oxygen atoms in total. The second kappa shape index (κ2) is 19.7. The van der Waals surface area contributed by atoms with Gasteiger partial charge < -0.3 is 0 Å². The molecule has 0 aliphatic rings. The van der Waals surface area contributed by atoms with Crippen LogP contribution in [0.1, 0.15) is 78.1 Å². The molecule has 0 saturated carbocycles. The van der Waals surface area contributed by atoms with Crippen molar-refractivity contribution in [2.45, 2.75) is 78.1 Å². The molecular weight excluding hydrogens is 264 g/mol. The van der Waals surface area contributed by atoms with Crippen LogP contribution in [0.25, 0.3) is 0 Å². The molecule has 22 heavy (non-hydrogen) atoms. The Morgan fingerprint density at radius 3 is 1.45 bits per heavy atom. The zero-order valence-corrected chi connectivity index (χ0v) is 14.8. The molecule has 0 radical (unpaired) electrons. The zero-order valence-electron chi connectivity index (χ0n) is 14.8. The molecule has 0 heterocycles. The average molecular weight is 301 g/mol. The minimum absolute atomic E-state index is 1.09. The highest BCUT2D eigenvalue weighted by atomic mass is 14.0. The molecule has 0 saturated heterocycles. The summed E-state index contributed by atoms with van der Waals surface area (Å²) in [7, 11) is 0. The molecule has 0 rings (SSSR count). The van der Waals surface area contributed by atoms with Crippen molar-refractivity contribution in [1.82, 2.24) is 0 Å². The van der Waals surface area contributed by atoms with Crippen LogP contribution in [0.2, 0.25) is 0 Å². The Kier molecular flexibility index (Phi) is 18.5. The van der Waals surface area contributed by atoms with Crippen molar-refractivity contribution in [1.29, 1.82) is 0 Å². The molecule has 0 aliphatic carbocycles. The third-order valence-corrected chi connectivity index (χ3v) is 3.51. The summed E-state index contributed by atoms with van der Waals surface area (Å²) in [6.45, 7) is 4.42. The van der Waals surface area contributed by atoms with E-state index in [0.29, 0.717) is 0 Å². The van der Waals surface area contributed by atoms with E-state index < -0.39 is 0 Å². The van der Waals surface area contributed by atoms with Crippen LogP contribution in [0.5, 0.6) is 0 Å². The van der Waals surface area contributed by atoms with Gasteiger partial charge in [0.25, 0.3) is 0 Å². The lowest BCUT2D eigenvalue weighted by atomic mass is 10.1. The fourth-order valence-corrected chi connectivity index (χ4v) is 2.17. The summed E-state index contributed by atoms with van der Waals surface area (Å²) in [6.07, 6.45) is 34.6. The topological polar surface area (TPSA) is 0 Å². The lowest BCUT2D eigenvalue weighted by molar-refractivity contribution is 0.577. The molecule has 0 aromatic carbocycles. The Morgan fingerprint density at radius 2 is 0.909 bits per heavy atom. The van der Waals surface area contributed by atoms with Crippen LogP contribution in [0.4, 0.5) is 0 Å². The first-order chi connectivity index (χ1) is 10.9. The molecular formula is C22H36. The minimum Gasteiger partial charge on any atom is -0.0848 e. The largest absolute Gasteiger partial charge is 0.0848 e. The van der Waals surface area contributed by atoms with E-state index in [1.807, 2.05) is 0 Å². The van der Waals surface area contributed by atoms with E-state index in [-0.39, 0.29) is 0 Å². The van der Waals surface area contributed by atoms with Gasteiger partial charge in [0.15, 0.2) is 0 Å². The maximum atomic E-state index is 2.28. The fraction of sp³-hybridized carbons (Fsp3) is 0.545. The van der Waals surface area contributed by atoms with E-state index in [2.05, 4.69) is 74.6 Å². The number of rotatable bonds is 14. The SMILES string of the molecule is CCC=CC=CC=CC=CC=CCCCCCCCCCC. The van der Waals surface area contributed by atoms with Gasteiger partial charge in [0.2, 0.25) is 0 Å². The number of hydrogen-bond acceptors (Lipinski definition) is 0. The molecule has 0 aliphatic heterocycles. The van der Waals surface area contributed by atoms with E-state index in [1.165, 1.54) is 57.8 Å². The van der Waals surface area contributed by atoms with Gasteiger partial charge in [-0.1, -0.05) is 120 Å². The van der Waals surface area contributed by atoms with Gasteiger partial charge in [-0.3, -0.25) is 0 Å². The molecule has 0 amide bonds. The Morgan fingerprint density at radius 1 is 0.455 bits per heavy atom. The van der Waals surface area contributed by atoms with E-state index in [9.17, 15) is 0 Å². The normalized spacial score (nSPS) is 13.0. The number of hydrogen-bond donors (Lipinski definition) is 0. The third-order valence-electron chi connectivity index (χ3n) is 3.51. The molecule has 0 fully saturated rings. The van der Waals surface area contributed by atoms with Gasteiger partial charge in [-0.25, -0.2) is 0 Å². The summed E-state index contributed by atoms with van der Waals surface area (Å²) in [6, 6.07) is 0. The molecule has 0 N–H and O–H groups in total. The summed E-state index contributed by atoms with van der Waals surface area (Å²) in [4.78, 5) is 0. The van der Waals surface area contributed by atoms with Crippen molar-refractivity contribution in [3.8, 4) is 0 Å². The van der Waals surface area contributed by atoms with E-state index >= 15 is 0 Å². The molecule has 0 unspecified atom stereocenters. The van der Waals surface area contributed by atoms with Gasteiger partial charge in [0, 0.05) is 0 Å². The average Bonchev–Trinajstić information content (AvgIpc) is 2.54. The number of unbranched alkanes of at least 4 members (excludes halogenated alkanes) is 8. The van der Waals surface area contributed by atoms with Gasteiger partial charge in [-0.2, -0.15) is 0 Å². The highest BCUT2D eigenvalue weighted by molar-refractivity contribution is 5.17. The van der Waals surface area contributed by atoms with Crippen molar-refractivity contribution in [2.75, 3.05) is 0 Å². The molecule has 0 atom stereocenters. The van der Waals surface area contributed by atoms with Gasteiger partial charge in [0.05, 0.1) is 0 Å². The third kappa shape index (κ3) is 18.7. The smallest absolute Gasteiger partial charge is 0.0348 e. The van der Waals surface area contributed by atoms with Crippen LogP contribution in [-0.4, -0.2) is 0 Å². The predicted molar refractivity (Wildman–Crippen MR) is 103 cm³/mol. The molecule has 0 spiro atoms. The van der Waals surface area contributed by atoms with Crippen LogP contribution in [0.15, 0.2) is 60.8 Å². The zero-order chi connectivity index (χ0) is 16.1. The summed E-state index contributed by atoms with van der Waals surface area (Å²) < 4.78 is 0. The van der Waals surface area contributed by atoms with E-state index in [0.717, 1.165) is 6.42 Å². The van der Waals surface area contributed by atoms with E-state index in [4.69, 9.17) is 0 Å². The fourth-order valence-electron chi connectivity index (χ4n) is 2.17. The van der Waals surface area contributed by atoms with Crippen LogP contribution < -0.4 is 0 Å². The minimum atomic E-state index is 1.09. The quantitative estimate of drug-likeness (QED) is 0.227. The van der Waals surface area contributed by atoms with Crippen LogP contribution in [-0.2, 0) is 0 Å². The maximum Gasteiger partial charge on any atom is -0.0348 e. The summed E-state index contributed by atoms with van der Waals surface area (Å²) in [5.74, 6) is 0. The van der Waals surface area contributed by atoms with E-state index in [1.54, 1.807) is 0 Å². The first-order valence-electron chi connectivity index (χ1n) is 9.23. The monoisotopic (exact) mass is 300 g/mol. The Hall–Kier alpha value is -1.30. The summed E-state index contributed by atoms with van der Waals surface area (Å²) in [5, 5.41) is 0. The molecule has 0 bridgehead atoms. The van der Waals surface area contributed by atoms with Crippen molar-refractivity contribution in [3.05, 3.63) is 60.8 Å². The molecule has 0 aromatic rings. The highest BCUT2D eigenvalue weighted by Crippen LogP contribution is 2.09. The second-order valence-corrected chi connectivity index (χ2v) is 5.68. The summed E-state index contributed by atoms with van der Waals surface area (Å²) >= 11 is 0. The lowest BCUT2D eigenvalue weighted by Crippen LogP contribution is -1.79. The number of allylic oxidation sites excluding steroid dienone is 10. The van der Waals surface area contributed by atoms with Gasteiger partial charge in [0.1, 0.15) is 0 Å². The maximum absolute atomic E-state index is 2.28. The summed E-state index contributed by atoms with van der Waals surface area (Å²) in [5.41, 5.74) is 0. The Labute approximate surface area is 139 Å². The van der Waals surface area contributed by atoms with Crippen LogP contribution in [0.3, 0.4) is 0 Å². The van der Waals surface area contributed by atoms with Gasteiger partial charge >= 0.3 is 0 Å². The van der Waals surface area contributed by atoms with Crippen LogP contribution >= 0.6 is 0 Å². The first-order valence-corrected chi connectivity index (χ1v) is 9.23. The standard InChI is InChI=1S/C22H36/c1-3-5-7-9-11-13-15-17-19-21-22-20-18-16-14-12-10-8-6-4-2/h5,7,9,11,13,15,17,19,21-22H,3-4,6,8,10,12,14,16,18,20H2,1-2H3. The Balaban J connectivity index is 3.39. The molecule has 124 valence electrons. The van der Waals surface area contributed by atoms with Gasteiger partial charge in [-0.15, -0.1) is 0 Å². The second-order valence-electron chi connectivity index (χ2n) is 5.68.